The molecule has 3 nitrogen and oxygen atoms in total. The second kappa shape index (κ2) is 7.77. The zero-order valence-corrected chi connectivity index (χ0v) is 13.1. The zero-order chi connectivity index (χ0) is 13.5. The molecule has 0 aromatic heterocycles. The Labute approximate surface area is 118 Å². The molecule has 0 radical (unpaired) electrons. The van der Waals surface area contributed by atoms with Crippen LogP contribution in [0.1, 0.15) is 18.9 Å². The molecule has 0 aliphatic carbocycles. The molecule has 0 fully saturated rings. The number of likely N-dealkylation sites (N-methyl/N-ethyl adjacent to an activating group) is 1. The molecule has 1 rings (SSSR count). The summed E-state index contributed by atoms with van der Waals surface area (Å²) in [5.74, 6) is 0.892. The van der Waals surface area contributed by atoms with Crippen molar-refractivity contribution in [2.75, 3.05) is 21.3 Å². The van der Waals surface area contributed by atoms with Crippen LogP contribution in [0.15, 0.2) is 22.7 Å². The van der Waals surface area contributed by atoms with Gasteiger partial charge in [0.1, 0.15) is 5.75 Å². The van der Waals surface area contributed by atoms with Gasteiger partial charge in [0.25, 0.3) is 0 Å². The zero-order valence-electron chi connectivity index (χ0n) is 11.5. The molecule has 0 saturated carbocycles. The number of hydrogen-bond acceptors (Lipinski definition) is 3. The summed E-state index contributed by atoms with van der Waals surface area (Å²) < 4.78 is 11.7. The van der Waals surface area contributed by atoms with Gasteiger partial charge in [-0.15, -0.1) is 0 Å². The second-order valence-electron chi connectivity index (χ2n) is 4.43. The SMILES string of the molecule is CNC(Cc1cc(OC)ccc1Br)CC(C)OC. The number of halogens is 1. The Morgan fingerprint density at radius 3 is 2.61 bits per heavy atom. The predicted molar refractivity (Wildman–Crippen MR) is 78.3 cm³/mol. The van der Waals surface area contributed by atoms with Gasteiger partial charge in [0, 0.05) is 17.6 Å². The van der Waals surface area contributed by atoms with Gasteiger partial charge >= 0.3 is 0 Å². The Morgan fingerprint density at radius 1 is 1.33 bits per heavy atom. The molecule has 0 bridgehead atoms. The van der Waals surface area contributed by atoms with Crippen LogP contribution in [0.3, 0.4) is 0 Å². The first-order chi connectivity index (χ1) is 8.60. The molecule has 1 N–H and O–H groups in total. The maximum absolute atomic E-state index is 5.32. The molecule has 0 heterocycles. The van der Waals surface area contributed by atoms with Crippen molar-refractivity contribution in [3.05, 3.63) is 28.2 Å². The smallest absolute Gasteiger partial charge is 0.119 e. The molecular formula is C14H22BrNO2. The largest absolute Gasteiger partial charge is 0.497 e. The lowest BCUT2D eigenvalue weighted by molar-refractivity contribution is 0.101. The van der Waals surface area contributed by atoms with Crippen LogP contribution < -0.4 is 10.1 Å². The van der Waals surface area contributed by atoms with E-state index in [9.17, 15) is 0 Å². The summed E-state index contributed by atoms with van der Waals surface area (Å²) in [6.07, 6.45) is 2.19. The molecule has 2 atom stereocenters. The number of hydrogen-bond donors (Lipinski definition) is 1. The van der Waals surface area contributed by atoms with Gasteiger partial charge in [-0.3, -0.25) is 0 Å². The van der Waals surface area contributed by atoms with Crippen LogP contribution in [0.2, 0.25) is 0 Å². The molecule has 0 spiro atoms. The summed E-state index contributed by atoms with van der Waals surface area (Å²) in [6, 6.07) is 6.45. The summed E-state index contributed by atoms with van der Waals surface area (Å²) in [5, 5.41) is 3.34. The Morgan fingerprint density at radius 2 is 2.06 bits per heavy atom. The number of nitrogens with one attached hydrogen (secondary N) is 1. The highest BCUT2D eigenvalue weighted by molar-refractivity contribution is 9.10. The topological polar surface area (TPSA) is 30.5 Å². The molecule has 1 aromatic rings. The summed E-state index contributed by atoms with van der Waals surface area (Å²) >= 11 is 3.59. The van der Waals surface area contributed by atoms with E-state index >= 15 is 0 Å². The minimum Gasteiger partial charge on any atom is -0.497 e. The van der Waals surface area contributed by atoms with E-state index in [0.717, 1.165) is 23.1 Å². The van der Waals surface area contributed by atoms with Crippen LogP contribution in [0.25, 0.3) is 0 Å². The number of rotatable bonds is 7. The summed E-state index contributed by atoms with van der Waals surface area (Å²) in [4.78, 5) is 0. The van der Waals surface area contributed by atoms with Crippen molar-refractivity contribution in [1.29, 1.82) is 0 Å². The van der Waals surface area contributed by atoms with E-state index in [1.165, 1.54) is 5.56 Å². The molecular weight excluding hydrogens is 294 g/mol. The van der Waals surface area contributed by atoms with Crippen LogP contribution in [-0.4, -0.2) is 33.4 Å². The van der Waals surface area contributed by atoms with Gasteiger partial charge in [-0.05, 0) is 50.6 Å². The molecule has 4 heteroatoms. The van der Waals surface area contributed by atoms with Crippen molar-refractivity contribution >= 4 is 15.9 Å². The van der Waals surface area contributed by atoms with Crippen LogP contribution >= 0.6 is 15.9 Å². The average Bonchev–Trinajstić information content (AvgIpc) is 2.39. The lowest BCUT2D eigenvalue weighted by atomic mass is 10.0. The van der Waals surface area contributed by atoms with Gasteiger partial charge in [0.15, 0.2) is 0 Å². The van der Waals surface area contributed by atoms with Gasteiger partial charge < -0.3 is 14.8 Å². The van der Waals surface area contributed by atoms with Crippen LogP contribution in [0, 0.1) is 0 Å². The van der Waals surface area contributed by atoms with Gasteiger partial charge in [-0.2, -0.15) is 0 Å². The van der Waals surface area contributed by atoms with Gasteiger partial charge in [-0.25, -0.2) is 0 Å². The quantitative estimate of drug-likeness (QED) is 0.839. The average molecular weight is 316 g/mol. The Hall–Kier alpha value is -0.580. The third-order valence-electron chi connectivity index (χ3n) is 3.15. The van der Waals surface area contributed by atoms with E-state index in [-0.39, 0.29) is 6.10 Å². The molecule has 0 aliphatic heterocycles. The first-order valence-electron chi connectivity index (χ1n) is 6.13. The van der Waals surface area contributed by atoms with E-state index in [0.29, 0.717) is 6.04 Å². The van der Waals surface area contributed by atoms with Gasteiger partial charge in [-0.1, -0.05) is 15.9 Å². The minimum atomic E-state index is 0.256. The Kier molecular flexibility index (Phi) is 6.68. The number of benzene rings is 1. The normalized spacial score (nSPS) is 14.3. The van der Waals surface area contributed by atoms with Gasteiger partial charge in [0.2, 0.25) is 0 Å². The Bertz CT molecular complexity index is 371. The highest BCUT2D eigenvalue weighted by Crippen LogP contribution is 2.24. The molecule has 1 aromatic carbocycles. The van der Waals surface area contributed by atoms with Crippen LogP contribution in [0.5, 0.6) is 5.75 Å². The maximum atomic E-state index is 5.32. The van der Waals surface area contributed by atoms with E-state index < -0.39 is 0 Å². The van der Waals surface area contributed by atoms with Crippen LogP contribution in [-0.2, 0) is 11.2 Å². The molecule has 102 valence electrons. The standard InChI is InChI=1S/C14H22BrNO2/c1-10(17-3)7-12(16-2)8-11-9-13(18-4)5-6-14(11)15/h5-6,9-10,12,16H,7-8H2,1-4H3. The van der Waals surface area contributed by atoms with E-state index in [4.69, 9.17) is 9.47 Å². The lowest BCUT2D eigenvalue weighted by Crippen LogP contribution is -2.31. The molecule has 0 amide bonds. The van der Waals surface area contributed by atoms with E-state index in [1.54, 1.807) is 14.2 Å². The third kappa shape index (κ3) is 4.59. The summed E-state index contributed by atoms with van der Waals surface area (Å²) in [7, 11) is 5.43. The van der Waals surface area contributed by atoms with E-state index in [2.05, 4.69) is 34.2 Å². The van der Waals surface area contributed by atoms with Crippen molar-refractivity contribution in [3.8, 4) is 5.75 Å². The van der Waals surface area contributed by atoms with Crippen molar-refractivity contribution in [3.63, 3.8) is 0 Å². The maximum Gasteiger partial charge on any atom is 0.119 e. The third-order valence-corrected chi connectivity index (χ3v) is 3.92. The van der Waals surface area contributed by atoms with Crippen molar-refractivity contribution in [1.82, 2.24) is 5.32 Å². The number of methoxy groups -OCH3 is 2. The highest BCUT2D eigenvalue weighted by atomic mass is 79.9. The lowest BCUT2D eigenvalue weighted by Gasteiger charge is -2.20. The number of ether oxygens (including phenoxy) is 2. The monoisotopic (exact) mass is 315 g/mol. The van der Waals surface area contributed by atoms with Crippen LogP contribution in [0.4, 0.5) is 0 Å². The molecule has 2 unspecified atom stereocenters. The fourth-order valence-electron chi connectivity index (χ4n) is 1.90. The fourth-order valence-corrected chi connectivity index (χ4v) is 2.31. The predicted octanol–water partition coefficient (Wildman–Crippen LogP) is 3.01. The fraction of sp³-hybridized carbons (Fsp3) is 0.571. The Balaban J connectivity index is 2.74. The molecule has 0 aliphatic rings. The first-order valence-corrected chi connectivity index (χ1v) is 6.92. The minimum absolute atomic E-state index is 0.256. The van der Waals surface area contributed by atoms with Gasteiger partial charge in [0.05, 0.1) is 13.2 Å². The van der Waals surface area contributed by atoms with Crippen molar-refractivity contribution in [2.24, 2.45) is 0 Å². The second-order valence-corrected chi connectivity index (χ2v) is 5.28. The highest BCUT2D eigenvalue weighted by Gasteiger charge is 2.13. The van der Waals surface area contributed by atoms with Crippen molar-refractivity contribution in [2.45, 2.75) is 31.9 Å². The first kappa shape index (κ1) is 15.5. The summed E-state index contributed by atoms with van der Waals surface area (Å²) in [5.41, 5.74) is 1.25. The van der Waals surface area contributed by atoms with E-state index in [1.807, 2.05) is 19.2 Å². The molecule has 18 heavy (non-hydrogen) atoms. The molecule has 0 saturated heterocycles. The summed E-state index contributed by atoms with van der Waals surface area (Å²) in [6.45, 7) is 2.09. The van der Waals surface area contributed by atoms with Crippen molar-refractivity contribution < 1.29 is 9.47 Å².